The third-order valence-electron chi connectivity index (χ3n) is 27.4. The summed E-state index contributed by atoms with van der Waals surface area (Å²) in [5.41, 5.74) is 0. The Morgan fingerprint density at radius 1 is 0.350 bits per heavy atom. The summed E-state index contributed by atoms with van der Waals surface area (Å²) in [6, 6.07) is 8.10. The van der Waals surface area contributed by atoms with E-state index >= 15 is 0 Å². The number of likely N-dealkylation sites (N-methyl/N-ethyl adjacent to an activating group) is 1. The summed E-state index contributed by atoms with van der Waals surface area (Å²) in [6.07, 6.45) is 13.7. The van der Waals surface area contributed by atoms with Crippen molar-refractivity contribution < 1.29 is 77.5 Å². The molecule has 0 radical (unpaired) electrons. The van der Waals surface area contributed by atoms with E-state index in [4.69, 9.17) is 34.8 Å². The highest BCUT2D eigenvalue weighted by atomic mass is 32.2. The topological polar surface area (TPSA) is 198 Å². The highest BCUT2D eigenvalue weighted by Crippen LogP contribution is 2.34. The van der Waals surface area contributed by atoms with Crippen LogP contribution in [0, 0.1) is 11.3 Å². The van der Waals surface area contributed by atoms with Crippen LogP contribution in [-0.2, 0) is 24.0 Å². The van der Waals surface area contributed by atoms with Gasteiger partial charge in [0.1, 0.15) is 9.84 Å². The van der Waals surface area contributed by atoms with Gasteiger partial charge in [-0.2, -0.15) is 44.8 Å². The summed E-state index contributed by atoms with van der Waals surface area (Å²) in [7, 11) is 15.6. The van der Waals surface area contributed by atoms with E-state index in [1.807, 2.05) is 21.1 Å². The molecule has 12 rings (SSSR count). The number of ether oxygens (including phenoxy) is 3. The number of hydrogen-bond acceptors (Lipinski definition) is 25. The number of likely N-dealkylation sites (tertiary alicyclic amines) is 8. The van der Waals surface area contributed by atoms with E-state index in [0.717, 1.165) is 180 Å². The van der Waals surface area contributed by atoms with Gasteiger partial charge in [-0.3, -0.25) is 39.2 Å². The molecule has 2 aliphatic carbocycles. The predicted octanol–water partition coefficient (Wildman–Crippen LogP) is 7.90. The van der Waals surface area contributed by atoms with Gasteiger partial charge in [-0.25, -0.2) is 8.42 Å². The van der Waals surface area contributed by atoms with Crippen molar-refractivity contribution in [2.45, 2.75) is 253 Å². The SMILES string of the molecule is CCN(C1CCN(C)CC1)C1COC1.CCN(CCC#N)C1CCN(C)CC1.CCN(CCS(C)(=O)=O)C1CCN(C)CC1.CN1CCC(N(CC(F)(F)F)C2COC2)CC1.CN1CCC(N(CCO)C2CC2)CC1.CN1CCC(N(CCO)C2CCC2)CC1.CN1CCC(N(CCO)CC(F)(F)F)CC1.COCCN(CC(F)(F)F)C1CCN(C)CC1. The summed E-state index contributed by atoms with van der Waals surface area (Å²) >= 11 is 0. The highest BCUT2D eigenvalue weighted by molar-refractivity contribution is 7.90. The molecular formula is C88H172F9N17O8S. The Kier molecular flexibility index (Phi) is 53.9. The van der Waals surface area contributed by atoms with Crippen molar-refractivity contribution in [3.05, 3.63) is 0 Å². The van der Waals surface area contributed by atoms with Crippen molar-refractivity contribution in [2.24, 2.45) is 0 Å². The Balaban J connectivity index is 0.000000250. The second-order valence-corrected chi connectivity index (χ2v) is 39.5. The highest BCUT2D eigenvalue weighted by Gasteiger charge is 2.43. The number of piperidine rings is 8. The zero-order valence-corrected chi connectivity index (χ0v) is 79.3. The van der Waals surface area contributed by atoms with E-state index in [1.54, 1.807) is 4.90 Å². The van der Waals surface area contributed by atoms with Crippen molar-refractivity contribution in [2.75, 3.05) is 312 Å². The quantitative estimate of drug-likeness (QED) is 0.0549. The largest absolute Gasteiger partial charge is 0.401 e. The Morgan fingerprint density at radius 3 is 0.862 bits per heavy atom. The lowest BCUT2D eigenvalue weighted by Gasteiger charge is -2.45. The summed E-state index contributed by atoms with van der Waals surface area (Å²) in [6.45, 7) is 31.9. The number of halogens is 9. The van der Waals surface area contributed by atoms with Crippen molar-refractivity contribution in [1.82, 2.24) is 78.4 Å². The van der Waals surface area contributed by atoms with E-state index in [0.29, 0.717) is 70.7 Å². The first-order valence-electron chi connectivity index (χ1n) is 47.1. The molecule has 0 unspecified atom stereocenters. The molecule has 0 aromatic rings. The van der Waals surface area contributed by atoms with E-state index in [9.17, 15) is 47.9 Å². The minimum Gasteiger partial charge on any atom is -0.395 e. The van der Waals surface area contributed by atoms with E-state index in [2.05, 4.69) is 126 Å². The fourth-order valence-electron chi connectivity index (χ4n) is 19.1. The monoisotopic (exact) mass is 1800 g/mol. The van der Waals surface area contributed by atoms with Gasteiger partial charge in [0.2, 0.25) is 0 Å². The molecule has 12 fully saturated rings. The van der Waals surface area contributed by atoms with Gasteiger partial charge in [0.05, 0.1) is 96.4 Å². The molecule has 12 aliphatic rings. The summed E-state index contributed by atoms with van der Waals surface area (Å²) < 4.78 is 150. The second kappa shape index (κ2) is 59.4. The fourth-order valence-corrected chi connectivity index (χ4v) is 19.7. The average Bonchev–Trinajstić information content (AvgIpc) is 1.79. The lowest BCUT2D eigenvalue weighted by atomic mass is 9.88. The summed E-state index contributed by atoms with van der Waals surface area (Å²) in [4.78, 5) is 35.4. The van der Waals surface area contributed by atoms with Gasteiger partial charge in [0.25, 0.3) is 0 Å². The van der Waals surface area contributed by atoms with E-state index < -0.39 is 48.0 Å². The zero-order chi connectivity index (χ0) is 90.7. The van der Waals surface area contributed by atoms with Crippen LogP contribution in [-0.4, -0.2) is 505 Å². The number of nitriles is 1. The number of hydrogen-bond donors (Lipinski definition) is 3. The third-order valence-corrected chi connectivity index (χ3v) is 28.4. The van der Waals surface area contributed by atoms with Crippen LogP contribution in [0.1, 0.15) is 162 Å². The maximum Gasteiger partial charge on any atom is 0.401 e. The summed E-state index contributed by atoms with van der Waals surface area (Å²) in [5, 5.41) is 35.5. The second-order valence-electron chi connectivity index (χ2n) is 37.2. The van der Waals surface area contributed by atoms with Gasteiger partial charge in [0.15, 0.2) is 0 Å². The summed E-state index contributed by atoms with van der Waals surface area (Å²) in [5.74, 6) is 0.285. The average molecular weight is 1800 g/mol. The third kappa shape index (κ3) is 45.8. The zero-order valence-electron chi connectivity index (χ0n) is 78.4. The van der Waals surface area contributed by atoms with Crippen LogP contribution in [0.5, 0.6) is 0 Å². The van der Waals surface area contributed by atoms with Crippen LogP contribution in [0.15, 0.2) is 0 Å². The molecule has 0 atom stereocenters. The van der Waals surface area contributed by atoms with Gasteiger partial charge >= 0.3 is 18.5 Å². The molecule has 726 valence electrons. The Hall–Kier alpha value is -2.07. The molecule has 123 heavy (non-hydrogen) atoms. The van der Waals surface area contributed by atoms with Gasteiger partial charge in [-0.05, 0) is 309 Å². The smallest absolute Gasteiger partial charge is 0.395 e. The van der Waals surface area contributed by atoms with Crippen LogP contribution < -0.4 is 0 Å². The van der Waals surface area contributed by atoms with Crippen LogP contribution >= 0.6 is 0 Å². The van der Waals surface area contributed by atoms with Crippen molar-refractivity contribution >= 4 is 9.84 Å². The predicted molar refractivity (Wildman–Crippen MR) is 475 cm³/mol. The minimum atomic E-state index is -4.18. The molecule has 10 saturated heterocycles. The number of aliphatic hydroxyl groups excluding tert-OH is 3. The molecule has 3 N–H and O–H groups in total. The van der Waals surface area contributed by atoms with Crippen LogP contribution in [0.2, 0.25) is 0 Å². The van der Waals surface area contributed by atoms with Crippen molar-refractivity contribution in [3.63, 3.8) is 0 Å². The van der Waals surface area contributed by atoms with Crippen molar-refractivity contribution in [3.8, 4) is 6.07 Å². The molecule has 0 aromatic carbocycles. The standard InChI is InChI=1S/C12H24N2O.C11H19F3N2O.C11H21F3N2O.C11H21N3.C11H24N2O2S.2C11H22N2O.C10H19F3N2O/c1-13-7-5-12(6-8-13)14(9-10-15)11-3-2-4-11;1-15-4-2-9(3-5-15)16(8-11(12,13)14)10-6-17-7-10;1-15-5-3-10(4-6-15)16(7-8-17-2)9-11(12,13)14;1-3-14(8-4-7-12)11-5-9-13(2)10-6-11;1-4-13(9-10-16(3,14)15)11-5-7-12(2)8-6-11;1-12-6-4-11(5-7-12)13(8-9-14)10-2-3-10;1-3-13(11-8-14-9-11)10-4-6-12(2)7-5-10;1-14-4-2-9(3-5-14)15(6-7-16)8-10(11,12)13/h11-12,15H,2-10H2,1H3;9-10H,2-8H2,1H3;10H,3-9H2,1-2H3;11H,3-6,8-10H2,1-2H3;11H,4-10H2,1-3H3;10-11,14H,2-9H2,1H3;10-11H,3-9H2,1-2H3;9,16H,2-8H2,1H3. The first-order valence-corrected chi connectivity index (χ1v) is 49.2. The molecule has 2 saturated carbocycles. The van der Waals surface area contributed by atoms with E-state index in [-0.39, 0.29) is 43.1 Å². The van der Waals surface area contributed by atoms with Gasteiger partial charge in [-0.1, -0.05) is 27.2 Å². The van der Waals surface area contributed by atoms with Gasteiger partial charge in [0, 0.05) is 119 Å². The maximum absolute atomic E-state index is 12.6. The Morgan fingerprint density at radius 2 is 0.618 bits per heavy atom. The number of sulfone groups is 1. The number of methoxy groups -OCH3 is 1. The molecule has 0 aromatic heterocycles. The van der Waals surface area contributed by atoms with Crippen LogP contribution in [0.25, 0.3) is 0 Å². The molecule has 0 bridgehead atoms. The normalized spacial score (nSPS) is 23.0. The maximum atomic E-state index is 12.6. The number of nitrogens with zero attached hydrogens (tertiary/aromatic N) is 17. The lowest BCUT2D eigenvalue weighted by molar-refractivity contribution is -0.180. The fraction of sp³-hybridized carbons (Fsp3) is 0.989. The Bertz CT molecular complexity index is 2790. The molecule has 25 nitrogen and oxygen atoms in total. The molecule has 10 aliphatic heterocycles. The number of rotatable bonds is 32. The van der Waals surface area contributed by atoms with Gasteiger partial charge < -0.3 is 68.7 Å². The first kappa shape index (κ1) is 111. The van der Waals surface area contributed by atoms with Crippen LogP contribution in [0.3, 0.4) is 0 Å². The van der Waals surface area contributed by atoms with Crippen LogP contribution in [0.4, 0.5) is 39.5 Å². The van der Waals surface area contributed by atoms with E-state index in [1.165, 1.54) is 166 Å². The molecule has 35 heteroatoms. The lowest BCUT2D eigenvalue weighted by Crippen LogP contribution is -2.58. The first-order chi connectivity index (χ1) is 58.4. The molecule has 10 heterocycles. The van der Waals surface area contributed by atoms with Crippen molar-refractivity contribution in [1.29, 1.82) is 5.26 Å². The van der Waals surface area contributed by atoms with Gasteiger partial charge in [-0.15, -0.1) is 0 Å². The molecule has 0 spiro atoms. The molecule has 0 amide bonds. The Labute approximate surface area is 738 Å². The number of alkyl halides is 9. The molecular weight excluding hydrogens is 1630 g/mol. The number of aliphatic hydroxyl groups is 3. The minimum absolute atomic E-state index is 0.0305.